The lowest BCUT2D eigenvalue weighted by Crippen LogP contribution is -2.12. The number of hydrogen-bond acceptors (Lipinski definition) is 5. The quantitative estimate of drug-likeness (QED) is 0.563. The van der Waals surface area contributed by atoms with Gasteiger partial charge in [-0.2, -0.15) is 0 Å². The van der Waals surface area contributed by atoms with Crippen molar-refractivity contribution in [2.75, 3.05) is 0 Å². The van der Waals surface area contributed by atoms with Crippen LogP contribution in [0.5, 0.6) is 11.5 Å². The van der Waals surface area contributed by atoms with E-state index in [9.17, 15) is 14.7 Å². The fourth-order valence-electron chi connectivity index (χ4n) is 2.17. The van der Waals surface area contributed by atoms with Crippen LogP contribution in [0.3, 0.4) is 0 Å². The number of esters is 1. The van der Waals surface area contributed by atoms with Crippen LogP contribution in [0, 0.1) is 0 Å². The Bertz CT molecular complexity index is 493. The zero-order valence-corrected chi connectivity index (χ0v) is 8.17. The van der Waals surface area contributed by atoms with Crippen molar-refractivity contribution in [2.45, 2.75) is 18.6 Å². The Morgan fingerprint density at radius 1 is 1.38 bits per heavy atom. The predicted molar refractivity (Wildman–Crippen MR) is 51.4 cm³/mol. The van der Waals surface area contributed by atoms with Gasteiger partial charge in [-0.3, -0.25) is 9.59 Å². The molecule has 0 bridgehead atoms. The van der Waals surface area contributed by atoms with Crippen LogP contribution in [0.25, 0.3) is 0 Å². The van der Waals surface area contributed by atoms with E-state index in [1.807, 2.05) is 0 Å². The Morgan fingerprint density at radius 3 is 2.94 bits per heavy atom. The minimum Gasteiger partial charge on any atom is -0.507 e. The standard InChI is InChI=1S/C11H8O5/c12-4-5-6(13)1-2-7-10(5)11-8(15-7)3-9(14)16-11/h1-2,4,8,11,13H,3H2. The Hall–Kier alpha value is -2.04. The molecule has 2 aliphatic heterocycles. The van der Waals surface area contributed by atoms with Gasteiger partial charge in [-0.05, 0) is 12.1 Å². The third-order valence-electron chi connectivity index (χ3n) is 2.87. The van der Waals surface area contributed by atoms with Gasteiger partial charge >= 0.3 is 5.97 Å². The largest absolute Gasteiger partial charge is 0.507 e. The molecule has 1 aromatic rings. The van der Waals surface area contributed by atoms with Gasteiger partial charge in [-0.25, -0.2) is 0 Å². The molecule has 5 heteroatoms. The van der Waals surface area contributed by atoms with Crippen LogP contribution in [0.4, 0.5) is 0 Å². The molecular weight excluding hydrogens is 212 g/mol. The van der Waals surface area contributed by atoms with Crippen molar-refractivity contribution < 1.29 is 24.2 Å². The van der Waals surface area contributed by atoms with Crippen LogP contribution in [0.1, 0.15) is 28.4 Å². The molecule has 1 N–H and O–H groups in total. The van der Waals surface area contributed by atoms with Crippen molar-refractivity contribution in [2.24, 2.45) is 0 Å². The second-order valence-electron chi connectivity index (χ2n) is 3.80. The molecule has 0 spiro atoms. The first kappa shape index (κ1) is 9.21. The summed E-state index contributed by atoms with van der Waals surface area (Å²) in [6, 6.07) is 2.97. The van der Waals surface area contributed by atoms with Crippen molar-refractivity contribution in [1.29, 1.82) is 0 Å². The second kappa shape index (κ2) is 2.98. The van der Waals surface area contributed by atoms with Crippen molar-refractivity contribution in [3.05, 3.63) is 23.3 Å². The summed E-state index contributed by atoms with van der Waals surface area (Å²) in [5, 5.41) is 9.53. The monoisotopic (exact) mass is 220 g/mol. The highest BCUT2D eigenvalue weighted by Gasteiger charge is 2.46. The average molecular weight is 220 g/mol. The van der Waals surface area contributed by atoms with Gasteiger partial charge in [0.15, 0.2) is 18.5 Å². The third-order valence-corrected chi connectivity index (χ3v) is 2.87. The van der Waals surface area contributed by atoms with Gasteiger partial charge < -0.3 is 14.6 Å². The lowest BCUT2D eigenvalue weighted by molar-refractivity contribution is -0.141. The SMILES string of the molecule is O=Cc1c(O)ccc2c1C1OC(=O)CC1O2. The van der Waals surface area contributed by atoms with Crippen LogP contribution < -0.4 is 4.74 Å². The summed E-state index contributed by atoms with van der Waals surface area (Å²) < 4.78 is 10.6. The molecule has 16 heavy (non-hydrogen) atoms. The van der Waals surface area contributed by atoms with Gasteiger partial charge in [0.1, 0.15) is 11.5 Å². The van der Waals surface area contributed by atoms with E-state index >= 15 is 0 Å². The Labute approximate surface area is 90.6 Å². The van der Waals surface area contributed by atoms with E-state index in [2.05, 4.69) is 0 Å². The molecule has 2 heterocycles. The van der Waals surface area contributed by atoms with Crippen LogP contribution >= 0.6 is 0 Å². The van der Waals surface area contributed by atoms with Gasteiger partial charge in [0.05, 0.1) is 17.5 Å². The molecule has 0 amide bonds. The number of phenols is 1. The molecule has 0 aliphatic carbocycles. The summed E-state index contributed by atoms with van der Waals surface area (Å²) in [4.78, 5) is 22.0. The number of benzene rings is 1. The minimum atomic E-state index is -0.560. The zero-order chi connectivity index (χ0) is 11.3. The summed E-state index contributed by atoms with van der Waals surface area (Å²) in [7, 11) is 0. The van der Waals surface area contributed by atoms with Gasteiger partial charge in [0.25, 0.3) is 0 Å². The maximum absolute atomic E-state index is 11.1. The van der Waals surface area contributed by atoms with E-state index < -0.39 is 6.10 Å². The molecule has 1 fully saturated rings. The lowest BCUT2D eigenvalue weighted by atomic mass is 10.0. The number of aldehydes is 1. The maximum atomic E-state index is 11.1. The van der Waals surface area contributed by atoms with Crippen molar-refractivity contribution in [1.82, 2.24) is 0 Å². The first-order valence-corrected chi connectivity index (χ1v) is 4.88. The molecule has 2 atom stereocenters. The van der Waals surface area contributed by atoms with Gasteiger partial charge in [-0.1, -0.05) is 0 Å². The molecule has 0 radical (unpaired) electrons. The summed E-state index contributed by atoms with van der Waals surface area (Å²) in [5.74, 6) is 0.0317. The van der Waals surface area contributed by atoms with Gasteiger partial charge in [-0.15, -0.1) is 0 Å². The number of phenolic OH excluding ortho intramolecular Hbond substituents is 1. The molecule has 82 valence electrons. The first-order valence-electron chi connectivity index (χ1n) is 4.88. The highest BCUT2D eigenvalue weighted by molar-refractivity contribution is 5.85. The predicted octanol–water partition coefficient (Wildman–Crippen LogP) is 0.954. The molecule has 1 saturated heterocycles. The second-order valence-corrected chi connectivity index (χ2v) is 3.80. The Morgan fingerprint density at radius 2 is 2.19 bits per heavy atom. The third kappa shape index (κ3) is 1.05. The van der Waals surface area contributed by atoms with Crippen LogP contribution in [-0.4, -0.2) is 23.5 Å². The van der Waals surface area contributed by atoms with Crippen LogP contribution in [0.15, 0.2) is 12.1 Å². The number of fused-ring (bicyclic) bond motifs is 3. The minimum absolute atomic E-state index is 0.124. The fourth-order valence-corrected chi connectivity index (χ4v) is 2.17. The molecule has 2 aliphatic rings. The number of hydrogen-bond donors (Lipinski definition) is 1. The molecule has 0 aromatic heterocycles. The normalized spacial score (nSPS) is 25.6. The maximum Gasteiger partial charge on any atom is 0.310 e. The topological polar surface area (TPSA) is 72.8 Å². The molecule has 3 rings (SSSR count). The van der Waals surface area contributed by atoms with Gasteiger partial charge in [0, 0.05) is 0 Å². The highest BCUT2D eigenvalue weighted by atomic mass is 16.6. The highest BCUT2D eigenvalue weighted by Crippen LogP contribution is 2.47. The average Bonchev–Trinajstić information content (AvgIpc) is 2.74. The molecule has 0 saturated carbocycles. The van der Waals surface area contributed by atoms with Crippen LogP contribution in [-0.2, 0) is 9.53 Å². The molecule has 5 nitrogen and oxygen atoms in total. The number of aromatic hydroxyl groups is 1. The van der Waals surface area contributed by atoms with Crippen molar-refractivity contribution in [3.63, 3.8) is 0 Å². The van der Waals surface area contributed by atoms with Crippen molar-refractivity contribution in [3.8, 4) is 11.5 Å². The summed E-state index contributed by atoms with van der Waals surface area (Å²) in [5.41, 5.74) is 0.616. The number of carbonyl (C=O) groups excluding carboxylic acids is 2. The number of rotatable bonds is 1. The Kier molecular flexibility index (Phi) is 1.71. The van der Waals surface area contributed by atoms with Gasteiger partial charge in [0.2, 0.25) is 0 Å². The zero-order valence-electron chi connectivity index (χ0n) is 8.17. The number of ether oxygens (including phenoxy) is 2. The van der Waals surface area contributed by atoms with E-state index in [0.29, 0.717) is 17.6 Å². The first-order chi connectivity index (χ1) is 7.70. The van der Waals surface area contributed by atoms with E-state index in [1.165, 1.54) is 6.07 Å². The van der Waals surface area contributed by atoms with E-state index in [0.717, 1.165) is 0 Å². The summed E-state index contributed by atoms with van der Waals surface area (Å²) in [6.07, 6.45) is -0.206. The number of carbonyl (C=O) groups is 2. The van der Waals surface area contributed by atoms with E-state index in [4.69, 9.17) is 9.47 Å². The molecule has 1 aromatic carbocycles. The van der Waals surface area contributed by atoms with Crippen molar-refractivity contribution >= 4 is 12.3 Å². The summed E-state index contributed by atoms with van der Waals surface area (Å²) in [6.45, 7) is 0. The van der Waals surface area contributed by atoms with Crippen LogP contribution in [0.2, 0.25) is 0 Å². The lowest BCUT2D eigenvalue weighted by Gasteiger charge is -2.08. The fraction of sp³-hybridized carbons (Fsp3) is 0.273. The Balaban J connectivity index is 2.17. The van der Waals surface area contributed by atoms with E-state index in [1.54, 1.807) is 6.07 Å². The molecular formula is C11H8O5. The molecule has 2 unspecified atom stereocenters. The summed E-state index contributed by atoms with van der Waals surface area (Å²) >= 11 is 0. The van der Waals surface area contributed by atoms with E-state index in [-0.39, 0.29) is 29.8 Å². The smallest absolute Gasteiger partial charge is 0.310 e.